The Morgan fingerprint density at radius 1 is 1.08 bits per heavy atom. The van der Waals surface area contributed by atoms with Crippen molar-refractivity contribution in [3.05, 3.63) is 53.0 Å². The average Bonchev–Trinajstić information content (AvgIpc) is 2.60. The summed E-state index contributed by atoms with van der Waals surface area (Å²) >= 11 is 3.54. The summed E-state index contributed by atoms with van der Waals surface area (Å²) in [7, 11) is -1.45. The minimum atomic E-state index is -3.58. The number of rotatable bonds is 5. The average molecular weight is 424 g/mol. The number of likely N-dealkylation sites (tertiary alicyclic amines) is 1. The number of anilines is 2. The summed E-state index contributed by atoms with van der Waals surface area (Å²) in [4.78, 5) is 2.57. The fourth-order valence-corrected chi connectivity index (χ4v) is 4.32. The predicted molar refractivity (Wildman–Crippen MR) is 106 cm³/mol. The molecule has 0 unspecified atom stereocenters. The first-order valence-electron chi connectivity index (χ1n) is 8.26. The maximum atomic E-state index is 12.5. The smallest absolute Gasteiger partial charge is 0.261 e. The van der Waals surface area contributed by atoms with Crippen molar-refractivity contribution in [1.29, 1.82) is 0 Å². The first kappa shape index (κ1) is 18.2. The first-order valence-corrected chi connectivity index (χ1v) is 10.5. The van der Waals surface area contributed by atoms with Gasteiger partial charge >= 0.3 is 0 Å². The van der Waals surface area contributed by atoms with Gasteiger partial charge < -0.3 is 10.2 Å². The Bertz CT molecular complexity index is 819. The van der Waals surface area contributed by atoms with Gasteiger partial charge in [0.15, 0.2) is 0 Å². The second-order valence-corrected chi connectivity index (χ2v) is 8.87. The zero-order chi connectivity index (χ0) is 17.9. The van der Waals surface area contributed by atoms with E-state index in [4.69, 9.17) is 0 Å². The molecule has 0 bridgehead atoms. The number of sulfonamides is 1. The minimum Gasteiger partial charge on any atom is -0.381 e. The monoisotopic (exact) mass is 423 g/mol. The Morgan fingerprint density at radius 2 is 1.76 bits per heavy atom. The molecule has 7 heteroatoms. The van der Waals surface area contributed by atoms with Crippen LogP contribution >= 0.6 is 15.9 Å². The summed E-state index contributed by atoms with van der Waals surface area (Å²) in [5.74, 6) is 0. The molecular weight excluding hydrogens is 402 g/mol. The van der Waals surface area contributed by atoms with Crippen molar-refractivity contribution < 1.29 is 8.42 Å². The van der Waals surface area contributed by atoms with Crippen LogP contribution in [0, 0.1) is 0 Å². The lowest BCUT2D eigenvalue weighted by Crippen LogP contribution is -2.36. The van der Waals surface area contributed by atoms with Crippen molar-refractivity contribution in [2.24, 2.45) is 0 Å². The molecule has 0 amide bonds. The van der Waals surface area contributed by atoms with E-state index in [1.807, 2.05) is 12.1 Å². The van der Waals surface area contributed by atoms with Crippen molar-refractivity contribution in [3.63, 3.8) is 0 Å². The van der Waals surface area contributed by atoms with Gasteiger partial charge in [0.1, 0.15) is 0 Å². The minimum absolute atomic E-state index is 0.253. The van der Waals surface area contributed by atoms with Gasteiger partial charge in [0.2, 0.25) is 0 Å². The Balaban J connectivity index is 1.75. The van der Waals surface area contributed by atoms with Crippen molar-refractivity contribution in [1.82, 2.24) is 4.90 Å². The highest BCUT2D eigenvalue weighted by molar-refractivity contribution is 9.10. The van der Waals surface area contributed by atoms with Crippen LogP contribution in [0.2, 0.25) is 0 Å². The molecule has 5 nitrogen and oxygen atoms in total. The van der Waals surface area contributed by atoms with Crippen LogP contribution in [0.4, 0.5) is 11.4 Å². The zero-order valence-corrected chi connectivity index (χ0v) is 16.5. The molecule has 0 aliphatic carbocycles. The van der Waals surface area contributed by atoms with E-state index in [1.54, 1.807) is 36.4 Å². The van der Waals surface area contributed by atoms with Crippen LogP contribution in [0.5, 0.6) is 0 Å². The van der Waals surface area contributed by atoms with Gasteiger partial charge in [-0.3, -0.25) is 4.72 Å². The second kappa shape index (κ2) is 7.76. The molecule has 0 aromatic heterocycles. The quantitative estimate of drug-likeness (QED) is 0.768. The zero-order valence-electron chi connectivity index (χ0n) is 14.1. The lowest BCUT2D eigenvalue weighted by molar-refractivity contribution is 0.264. The van der Waals surface area contributed by atoms with Gasteiger partial charge in [-0.25, -0.2) is 8.42 Å². The summed E-state index contributed by atoms with van der Waals surface area (Å²) < 4.78 is 28.5. The highest BCUT2D eigenvalue weighted by Gasteiger charge is 2.18. The van der Waals surface area contributed by atoms with E-state index in [0.29, 0.717) is 11.7 Å². The third kappa shape index (κ3) is 4.74. The number of nitrogens with one attached hydrogen (secondary N) is 2. The van der Waals surface area contributed by atoms with E-state index < -0.39 is 10.0 Å². The third-order valence-electron chi connectivity index (χ3n) is 4.35. The Labute approximate surface area is 157 Å². The predicted octanol–water partition coefficient (Wildman–Crippen LogP) is 3.76. The summed E-state index contributed by atoms with van der Waals surface area (Å²) in [6.07, 6.45) is 2.14. The maximum absolute atomic E-state index is 12.5. The number of hydrogen-bond acceptors (Lipinski definition) is 4. The highest BCUT2D eigenvalue weighted by Crippen LogP contribution is 2.29. The standard InChI is InChI=1S/C18H22BrN3O2S/c1-22-11-9-14(10-12-22)20-18-13-15(7-8-17(18)19)21-25(23,24)16-5-3-2-4-6-16/h2-8,13-14,20-21H,9-12H2,1H3. The van der Waals surface area contributed by atoms with Crippen LogP contribution in [0.15, 0.2) is 57.9 Å². The molecule has 0 saturated carbocycles. The van der Waals surface area contributed by atoms with Crippen molar-refractivity contribution >= 4 is 37.3 Å². The van der Waals surface area contributed by atoms with Crippen molar-refractivity contribution in [3.8, 4) is 0 Å². The van der Waals surface area contributed by atoms with Crippen molar-refractivity contribution in [2.45, 2.75) is 23.8 Å². The molecule has 2 N–H and O–H groups in total. The van der Waals surface area contributed by atoms with E-state index in [1.165, 1.54) is 0 Å². The molecule has 1 aliphatic heterocycles. The third-order valence-corrected chi connectivity index (χ3v) is 6.44. The Hall–Kier alpha value is -1.57. The van der Waals surface area contributed by atoms with Crippen molar-refractivity contribution in [2.75, 3.05) is 30.2 Å². The summed E-state index contributed by atoms with van der Waals surface area (Å²) in [6.45, 7) is 2.13. The molecule has 1 fully saturated rings. The van der Waals surface area contributed by atoms with Gasteiger partial charge in [-0.2, -0.15) is 0 Å². The summed E-state index contributed by atoms with van der Waals surface area (Å²) in [5.41, 5.74) is 1.45. The van der Waals surface area contributed by atoms with Crippen LogP contribution in [0.25, 0.3) is 0 Å². The molecule has 134 valence electrons. The SMILES string of the molecule is CN1CCC(Nc2cc(NS(=O)(=O)c3ccccc3)ccc2Br)CC1. The normalized spacial score (nSPS) is 16.6. The number of hydrogen-bond donors (Lipinski definition) is 2. The van der Waals surface area contributed by atoms with E-state index >= 15 is 0 Å². The number of nitrogens with zero attached hydrogens (tertiary/aromatic N) is 1. The van der Waals surface area contributed by atoms with Crippen LogP contribution < -0.4 is 10.0 Å². The fraction of sp³-hybridized carbons (Fsp3) is 0.333. The largest absolute Gasteiger partial charge is 0.381 e. The molecule has 0 radical (unpaired) electrons. The molecule has 1 aliphatic rings. The van der Waals surface area contributed by atoms with Gasteiger partial charge in [0, 0.05) is 10.5 Å². The summed E-state index contributed by atoms with van der Waals surface area (Å²) in [6, 6.07) is 14.2. The maximum Gasteiger partial charge on any atom is 0.261 e. The van der Waals surface area contributed by atoms with Gasteiger partial charge in [-0.1, -0.05) is 18.2 Å². The van der Waals surface area contributed by atoms with E-state index in [-0.39, 0.29) is 4.90 Å². The molecule has 2 aromatic carbocycles. The molecule has 0 spiro atoms. The van der Waals surface area contributed by atoms with Gasteiger partial charge in [0.05, 0.1) is 16.3 Å². The van der Waals surface area contributed by atoms with Gasteiger partial charge in [-0.15, -0.1) is 0 Å². The molecule has 1 heterocycles. The van der Waals surface area contributed by atoms with Crippen LogP contribution in [-0.2, 0) is 10.0 Å². The Kier molecular flexibility index (Phi) is 5.66. The van der Waals surface area contributed by atoms with E-state index in [2.05, 4.69) is 37.9 Å². The molecule has 1 saturated heterocycles. The topological polar surface area (TPSA) is 61.4 Å². The van der Waals surface area contributed by atoms with Crippen LogP contribution in [0.1, 0.15) is 12.8 Å². The van der Waals surface area contributed by atoms with Crippen LogP contribution in [-0.4, -0.2) is 39.5 Å². The lowest BCUT2D eigenvalue weighted by Gasteiger charge is -2.30. The van der Waals surface area contributed by atoms with Gasteiger partial charge in [-0.05, 0) is 79.2 Å². The highest BCUT2D eigenvalue weighted by atomic mass is 79.9. The summed E-state index contributed by atoms with van der Waals surface area (Å²) in [5, 5.41) is 3.53. The molecule has 3 rings (SSSR count). The fourth-order valence-electron chi connectivity index (χ4n) is 2.89. The van der Waals surface area contributed by atoms with Gasteiger partial charge in [0.25, 0.3) is 10.0 Å². The first-order chi connectivity index (χ1) is 11.9. The van der Waals surface area contributed by atoms with E-state index in [9.17, 15) is 8.42 Å². The number of halogens is 1. The lowest BCUT2D eigenvalue weighted by atomic mass is 10.1. The Morgan fingerprint density at radius 3 is 2.44 bits per heavy atom. The molecule has 0 atom stereocenters. The molecule has 2 aromatic rings. The molecule has 25 heavy (non-hydrogen) atoms. The van der Waals surface area contributed by atoms with E-state index in [0.717, 1.165) is 36.1 Å². The van der Waals surface area contributed by atoms with Crippen LogP contribution in [0.3, 0.4) is 0 Å². The number of piperidine rings is 1. The number of benzene rings is 2. The molecular formula is C18H22BrN3O2S. The second-order valence-electron chi connectivity index (χ2n) is 6.34.